The summed E-state index contributed by atoms with van der Waals surface area (Å²) in [6.07, 6.45) is 2.48. The minimum absolute atomic E-state index is 0.109. The molecule has 2 aliphatic heterocycles. The van der Waals surface area contributed by atoms with E-state index in [2.05, 4.69) is 0 Å². The number of hydrogen-bond acceptors (Lipinski definition) is 3. The quantitative estimate of drug-likeness (QED) is 0.831. The van der Waals surface area contributed by atoms with Crippen LogP contribution in [0.5, 0.6) is 5.75 Å². The van der Waals surface area contributed by atoms with Crippen LogP contribution in [-0.4, -0.2) is 43.0 Å². The summed E-state index contributed by atoms with van der Waals surface area (Å²) in [7, 11) is 1.48. The van der Waals surface area contributed by atoms with Crippen LogP contribution in [0.25, 0.3) is 0 Å². The van der Waals surface area contributed by atoms with Gasteiger partial charge in [0.1, 0.15) is 24.2 Å². The highest BCUT2D eigenvalue weighted by Crippen LogP contribution is 2.30. The first-order chi connectivity index (χ1) is 10.1. The highest BCUT2D eigenvalue weighted by molar-refractivity contribution is 6.06. The van der Waals surface area contributed by atoms with Crippen LogP contribution in [0, 0.1) is 5.82 Å². The van der Waals surface area contributed by atoms with Gasteiger partial charge < -0.3 is 9.64 Å². The van der Waals surface area contributed by atoms with Crippen molar-refractivity contribution in [2.24, 2.45) is 0 Å². The monoisotopic (exact) mass is 292 g/mol. The summed E-state index contributed by atoms with van der Waals surface area (Å²) in [5.41, 5.74) is 0.109. The van der Waals surface area contributed by atoms with Crippen molar-refractivity contribution in [1.29, 1.82) is 0 Å². The number of ether oxygens (including phenoxy) is 1. The van der Waals surface area contributed by atoms with Crippen LogP contribution in [0.1, 0.15) is 19.3 Å². The molecule has 2 fully saturated rings. The molecule has 0 saturated carbocycles. The minimum atomic E-state index is -0.527. The Morgan fingerprint density at radius 2 is 2.10 bits per heavy atom. The number of fused-ring (bicyclic) bond motifs is 1. The maximum absolute atomic E-state index is 14.0. The van der Waals surface area contributed by atoms with Crippen molar-refractivity contribution >= 4 is 17.5 Å². The number of nitrogens with zero attached hydrogens (tertiary/aromatic N) is 2. The number of anilines is 1. The van der Waals surface area contributed by atoms with E-state index in [0.29, 0.717) is 18.7 Å². The normalized spacial score (nSPS) is 22.3. The van der Waals surface area contributed by atoms with Crippen molar-refractivity contribution < 1.29 is 18.7 Å². The van der Waals surface area contributed by atoms with Crippen LogP contribution >= 0.6 is 0 Å². The molecular formula is C15H17FN2O3. The number of carbonyl (C=O) groups excluding carboxylic acids is 2. The van der Waals surface area contributed by atoms with Gasteiger partial charge in [-0.2, -0.15) is 0 Å². The lowest BCUT2D eigenvalue weighted by Crippen LogP contribution is -2.61. The van der Waals surface area contributed by atoms with Crippen molar-refractivity contribution in [2.75, 3.05) is 25.1 Å². The molecule has 1 atom stereocenters. The molecular weight excluding hydrogens is 275 g/mol. The van der Waals surface area contributed by atoms with Gasteiger partial charge in [-0.15, -0.1) is 0 Å². The molecule has 0 radical (unpaired) electrons. The third kappa shape index (κ3) is 2.34. The first-order valence-electron chi connectivity index (χ1n) is 7.06. The summed E-state index contributed by atoms with van der Waals surface area (Å²) in [6, 6.07) is 3.74. The summed E-state index contributed by atoms with van der Waals surface area (Å²) in [5, 5.41) is 0. The Hall–Kier alpha value is -2.11. The van der Waals surface area contributed by atoms with Crippen LogP contribution < -0.4 is 9.64 Å². The van der Waals surface area contributed by atoms with Gasteiger partial charge in [-0.1, -0.05) is 0 Å². The molecule has 0 aromatic heterocycles. The van der Waals surface area contributed by atoms with E-state index in [-0.39, 0.29) is 24.0 Å². The molecule has 2 saturated heterocycles. The summed E-state index contributed by atoms with van der Waals surface area (Å²) < 4.78 is 19.1. The number of rotatable bonds is 2. The topological polar surface area (TPSA) is 49.9 Å². The number of hydrogen-bond donors (Lipinski definition) is 0. The maximum atomic E-state index is 14.0. The van der Waals surface area contributed by atoms with Crippen LogP contribution in [-0.2, 0) is 9.59 Å². The van der Waals surface area contributed by atoms with Crippen molar-refractivity contribution in [3.05, 3.63) is 24.0 Å². The van der Waals surface area contributed by atoms with E-state index in [1.165, 1.54) is 30.2 Å². The SMILES string of the molecule is COc1ccc(F)c(N2CC(=O)N3CCCCC3C2=O)c1. The lowest BCUT2D eigenvalue weighted by molar-refractivity contribution is -0.144. The van der Waals surface area contributed by atoms with Crippen molar-refractivity contribution in [3.8, 4) is 5.75 Å². The third-order valence-corrected chi connectivity index (χ3v) is 4.11. The Bertz CT molecular complexity index is 590. The van der Waals surface area contributed by atoms with E-state index in [9.17, 15) is 14.0 Å². The highest BCUT2D eigenvalue weighted by atomic mass is 19.1. The Balaban J connectivity index is 1.95. The number of halogens is 1. The summed E-state index contributed by atoms with van der Waals surface area (Å²) >= 11 is 0. The van der Waals surface area contributed by atoms with E-state index < -0.39 is 11.9 Å². The third-order valence-electron chi connectivity index (χ3n) is 4.11. The van der Waals surface area contributed by atoms with Crippen LogP contribution in [0.4, 0.5) is 10.1 Å². The average molecular weight is 292 g/mol. The van der Waals surface area contributed by atoms with Crippen LogP contribution in [0.15, 0.2) is 18.2 Å². The Morgan fingerprint density at radius 1 is 1.29 bits per heavy atom. The number of piperazine rings is 1. The molecule has 112 valence electrons. The largest absolute Gasteiger partial charge is 0.497 e. The second-order valence-corrected chi connectivity index (χ2v) is 5.34. The Labute approximate surface area is 122 Å². The van der Waals surface area contributed by atoms with E-state index in [1.807, 2.05) is 0 Å². The van der Waals surface area contributed by atoms with Gasteiger partial charge in [0.15, 0.2) is 0 Å². The molecule has 1 aromatic carbocycles. The van der Waals surface area contributed by atoms with E-state index >= 15 is 0 Å². The minimum Gasteiger partial charge on any atom is -0.497 e. The fraction of sp³-hybridized carbons (Fsp3) is 0.467. The van der Waals surface area contributed by atoms with Crippen molar-refractivity contribution in [1.82, 2.24) is 4.90 Å². The molecule has 2 aliphatic rings. The summed E-state index contributed by atoms with van der Waals surface area (Å²) in [6.45, 7) is 0.503. The number of benzene rings is 1. The summed E-state index contributed by atoms with van der Waals surface area (Å²) in [5.74, 6) is -0.401. The Morgan fingerprint density at radius 3 is 2.86 bits per heavy atom. The number of carbonyl (C=O) groups is 2. The molecule has 21 heavy (non-hydrogen) atoms. The molecule has 1 unspecified atom stereocenters. The van der Waals surface area contributed by atoms with Crippen molar-refractivity contribution in [3.63, 3.8) is 0 Å². The maximum Gasteiger partial charge on any atom is 0.250 e. The molecule has 3 rings (SSSR count). The number of amides is 2. The second kappa shape index (κ2) is 5.35. The number of piperidine rings is 1. The predicted octanol–water partition coefficient (Wildman–Crippen LogP) is 1.56. The zero-order valence-electron chi connectivity index (χ0n) is 11.8. The fourth-order valence-corrected chi connectivity index (χ4v) is 3.00. The zero-order chi connectivity index (χ0) is 15.0. The molecule has 5 nitrogen and oxygen atoms in total. The van der Waals surface area contributed by atoms with Gasteiger partial charge in [-0.05, 0) is 31.4 Å². The zero-order valence-corrected chi connectivity index (χ0v) is 11.8. The van der Waals surface area contributed by atoms with Crippen LogP contribution in [0.3, 0.4) is 0 Å². The van der Waals surface area contributed by atoms with E-state index in [4.69, 9.17) is 4.74 Å². The van der Waals surface area contributed by atoms with Gasteiger partial charge in [0.05, 0.1) is 12.8 Å². The number of methoxy groups -OCH3 is 1. The lowest BCUT2D eigenvalue weighted by Gasteiger charge is -2.42. The highest BCUT2D eigenvalue weighted by Gasteiger charge is 2.41. The molecule has 0 aliphatic carbocycles. The van der Waals surface area contributed by atoms with Crippen LogP contribution in [0.2, 0.25) is 0 Å². The standard InChI is InChI=1S/C15H17FN2O3/c1-21-10-5-6-11(16)13(8-10)18-9-14(19)17-7-3-2-4-12(17)15(18)20/h5-6,8,12H,2-4,7,9H2,1H3. The van der Waals surface area contributed by atoms with Gasteiger partial charge >= 0.3 is 0 Å². The van der Waals surface area contributed by atoms with Gasteiger partial charge in [0.2, 0.25) is 11.8 Å². The Kier molecular flexibility index (Phi) is 3.53. The first kappa shape index (κ1) is 13.9. The predicted molar refractivity (Wildman–Crippen MR) is 74.7 cm³/mol. The molecule has 2 amide bonds. The molecule has 2 heterocycles. The van der Waals surface area contributed by atoms with E-state index in [0.717, 1.165) is 12.8 Å². The average Bonchev–Trinajstić information content (AvgIpc) is 2.52. The smallest absolute Gasteiger partial charge is 0.250 e. The van der Waals surface area contributed by atoms with Crippen molar-refractivity contribution in [2.45, 2.75) is 25.3 Å². The first-order valence-corrected chi connectivity index (χ1v) is 7.06. The second-order valence-electron chi connectivity index (χ2n) is 5.34. The van der Waals surface area contributed by atoms with E-state index in [1.54, 1.807) is 4.90 Å². The van der Waals surface area contributed by atoms with Gasteiger partial charge in [-0.3, -0.25) is 14.5 Å². The van der Waals surface area contributed by atoms with Gasteiger partial charge in [-0.25, -0.2) is 4.39 Å². The molecule has 0 spiro atoms. The molecule has 1 aromatic rings. The lowest BCUT2D eigenvalue weighted by atomic mass is 9.98. The summed E-state index contributed by atoms with van der Waals surface area (Å²) in [4.78, 5) is 27.7. The molecule has 0 bridgehead atoms. The molecule has 6 heteroatoms. The van der Waals surface area contributed by atoms with Gasteiger partial charge in [0.25, 0.3) is 0 Å². The molecule has 0 N–H and O–H groups in total. The fourth-order valence-electron chi connectivity index (χ4n) is 3.00. The van der Waals surface area contributed by atoms with Gasteiger partial charge in [0, 0.05) is 12.6 Å².